The minimum atomic E-state index is -0.336. The van der Waals surface area contributed by atoms with Gasteiger partial charge in [0.15, 0.2) is 5.78 Å². The second-order valence-electron chi connectivity index (χ2n) is 8.59. The molecular formula is C22H28OS. The van der Waals surface area contributed by atoms with Crippen LogP contribution in [0.3, 0.4) is 0 Å². The lowest BCUT2D eigenvalue weighted by molar-refractivity contribution is 0.0858. The van der Waals surface area contributed by atoms with E-state index in [-0.39, 0.29) is 11.2 Å². The lowest BCUT2D eigenvalue weighted by Crippen LogP contribution is -2.19. The fraction of sp³-hybridized carbons (Fsp3) is 0.409. The van der Waals surface area contributed by atoms with E-state index in [2.05, 4.69) is 45.0 Å². The minimum absolute atomic E-state index is 0.186. The van der Waals surface area contributed by atoms with Crippen molar-refractivity contribution < 1.29 is 4.79 Å². The van der Waals surface area contributed by atoms with E-state index >= 15 is 0 Å². The Balaban J connectivity index is 2.05. The van der Waals surface area contributed by atoms with Crippen molar-refractivity contribution in [2.75, 3.05) is 0 Å². The van der Waals surface area contributed by atoms with Crippen LogP contribution in [0.1, 0.15) is 57.5 Å². The fourth-order valence-corrected chi connectivity index (χ4v) is 3.35. The average molecular weight is 341 g/mol. The Morgan fingerprint density at radius 1 is 0.792 bits per heavy atom. The molecule has 0 heterocycles. The molecule has 2 heteroatoms. The molecule has 2 rings (SSSR count). The quantitative estimate of drug-likeness (QED) is 0.579. The molecule has 0 amide bonds. The molecule has 1 nitrogen and oxygen atoms in total. The lowest BCUT2D eigenvalue weighted by atomic mass is 9.87. The molecule has 0 saturated carbocycles. The van der Waals surface area contributed by atoms with Crippen LogP contribution >= 0.6 is 11.8 Å². The summed E-state index contributed by atoms with van der Waals surface area (Å²) >= 11 is 1.73. The average Bonchev–Trinajstić information content (AvgIpc) is 2.47. The van der Waals surface area contributed by atoms with Crippen LogP contribution in [0.4, 0.5) is 0 Å². The van der Waals surface area contributed by atoms with E-state index in [1.807, 2.05) is 45.0 Å². The van der Waals surface area contributed by atoms with Crippen LogP contribution in [0.2, 0.25) is 0 Å². The zero-order chi connectivity index (χ0) is 18.0. The molecule has 0 N–H and O–H groups in total. The second-order valence-corrected chi connectivity index (χ2v) is 9.73. The molecule has 2 aromatic rings. The zero-order valence-corrected chi connectivity index (χ0v) is 16.5. The van der Waals surface area contributed by atoms with Gasteiger partial charge in [0.2, 0.25) is 0 Å². The summed E-state index contributed by atoms with van der Waals surface area (Å²) in [7, 11) is 0. The van der Waals surface area contributed by atoms with Crippen molar-refractivity contribution in [3.05, 3.63) is 59.7 Å². The highest BCUT2D eigenvalue weighted by Gasteiger charge is 2.22. The van der Waals surface area contributed by atoms with Crippen LogP contribution in [0, 0.1) is 10.8 Å². The molecule has 128 valence electrons. The van der Waals surface area contributed by atoms with Gasteiger partial charge in [-0.1, -0.05) is 77.6 Å². The maximum absolute atomic E-state index is 12.3. The SMILES string of the molecule is CC(C)(C)Cc1ccc(Sc2ccc(C(=O)C(C)(C)C)cc2)cc1. The van der Waals surface area contributed by atoms with Gasteiger partial charge in [-0.25, -0.2) is 0 Å². The van der Waals surface area contributed by atoms with E-state index in [1.54, 1.807) is 11.8 Å². The van der Waals surface area contributed by atoms with E-state index < -0.39 is 0 Å². The third-order valence-corrected chi connectivity index (χ3v) is 4.71. The summed E-state index contributed by atoms with van der Waals surface area (Å²) < 4.78 is 0. The van der Waals surface area contributed by atoms with Crippen LogP contribution in [0.15, 0.2) is 58.3 Å². The van der Waals surface area contributed by atoms with Crippen molar-refractivity contribution in [2.45, 2.75) is 57.8 Å². The van der Waals surface area contributed by atoms with Gasteiger partial charge in [-0.2, -0.15) is 0 Å². The molecule has 0 atom stereocenters. The number of hydrogen-bond acceptors (Lipinski definition) is 2. The fourth-order valence-electron chi connectivity index (χ4n) is 2.53. The van der Waals surface area contributed by atoms with Crippen LogP contribution < -0.4 is 0 Å². The van der Waals surface area contributed by atoms with Crippen LogP contribution in [-0.2, 0) is 6.42 Å². The summed E-state index contributed by atoms with van der Waals surface area (Å²) in [6, 6.07) is 16.7. The Morgan fingerprint density at radius 2 is 1.25 bits per heavy atom. The number of Topliss-reactive ketones (excluding diaryl/α,β-unsaturated/α-hetero) is 1. The minimum Gasteiger partial charge on any atom is -0.294 e. The van der Waals surface area contributed by atoms with E-state index in [9.17, 15) is 4.79 Å². The first-order valence-corrected chi connectivity index (χ1v) is 9.28. The summed E-state index contributed by atoms with van der Waals surface area (Å²) in [6.07, 6.45) is 1.08. The largest absolute Gasteiger partial charge is 0.294 e. The van der Waals surface area contributed by atoms with Crippen molar-refractivity contribution in [1.82, 2.24) is 0 Å². The molecule has 0 spiro atoms. The molecule has 0 unspecified atom stereocenters. The Morgan fingerprint density at radius 3 is 1.67 bits per heavy atom. The van der Waals surface area contributed by atoms with Gasteiger partial charge >= 0.3 is 0 Å². The molecule has 0 bridgehead atoms. The van der Waals surface area contributed by atoms with Crippen molar-refractivity contribution in [3.63, 3.8) is 0 Å². The number of benzene rings is 2. The lowest BCUT2D eigenvalue weighted by Gasteiger charge is -2.18. The predicted molar refractivity (Wildman–Crippen MR) is 104 cm³/mol. The highest BCUT2D eigenvalue weighted by molar-refractivity contribution is 7.99. The number of hydrogen-bond donors (Lipinski definition) is 0. The van der Waals surface area contributed by atoms with Crippen molar-refractivity contribution >= 4 is 17.5 Å². The monoisotopic (exact) mass is 340 g/mol. The molecule has 0 fully saturated rings. The van der Waals surface area contributed by atoms with Gasteiger partial charge in [0, 0.05) is 20.8 Å². The van der Waals surface area contributed by atoms with Gasteiger partial charge in [0.25, 0.3) is 0 Å². The molecule has 2 aromatic carbocycles. The van der Waals surface area contributed by atoms with Crippen molar-refractivity contribution in [1.29, 1.82) is 0 Å². The normalized spacial score (nSPS) is 12.2. The summed E-state index contributed by atoms with van der Waals surface area (Å²) in [5, 5.41) is 0. The number of carbonyl (C=O) groups excluding carboxylic acids is 1. The molecule has 0 saturated heterocycles. The Kier molecular flexibility index (Phi) is 5.59. The van der Waals surface area contributed by atoms with E-state index in [4.69, 9.17) is 0 Å². The van der Waals surface area contributed by atoms with Gasteiger partial charge in [-0.3, -0.25) is 4.79 Å². The Labute approximate surface area is 150 Å². The van der Waals surface area contributed by atoms with Gasteiger partial charge < -0.3 is 0 Å². The first-order valence-electron chi connectivity index (χ1n) is 8.46. The molecule has 0 aliphatic heterocycles. The number of ketones is 1. The van der Waals surface area contributed by atoms with Gasteiger partial charge in [-0.05, 0) is 41.7 Å². The summed E-state index contributed by atoms with van der Waals surface area (Å²) in [5.41, 5.74) is 2.13. The first kappa shape index (κ1) is 18.8. The predicted octanol–water partition coefficient (Wildman–Crippen LogP) is 6.66. The van der Waals surface area contributed by atoms with E-state index in [0.717, 1.165) is 16.9 Å². The maximum atomic E-state index is 12.3. The molecule has 0 radical (unpaired) electrons. The molecule has 0 aliphatic rings. The smallest absolute Gasteiger partial charge is 0.168 e. The Hall–Kier alpha value is -1.54. The van der Waals surface area contributed by atoms with Crippen molar-refractivity contribution in [2.24, 2.45) is 10.8 Å². The van der Waals surface area contributed by atoms with Crippen LogP contribution in [-0.4, -0.2) is 5.78 Å². The zero-order valence-electron chi connectivity index (χ0n) is 15.6. The first-order chi connectivity index (χ1) is 11.0. The standard InChI is InChI=1S/C22H28OS/c1-21(2,3)15-16-7-11-18(12-8-16)24-19-13-9-17(10-14-19)20(23)22(4,5)6/h7-14H,15H2,1-6H3. The molecule has 0 aliphatic carbocycles. The highest BCUT2D eigenvalue weighted by Crippen LogP contribution is 2.30. The third-order valence-electron chi connectivity index (χ3n) is 3.69. The number of carbonyl (C=O) groups is 1. The summed E-state index contributed by atoms with van der Waals surface area (Å²) in [6.45, 7) is 12.6. The molecular weight excluding hydrogens is 312 g/mol. The second kappa shape index (κ2) is 7.14. The van der Waals surface area contributed by atoms with Gasteiger partial charge in [0.1, 0.15) is 0 Å². The molecule has 24 heavy (non-hydrogen) atoms. The van der Waals surface area contributed by atoms with Crippen molar-refractivity contribution in [3.8, 4) is 0 Å². The topological polar surface area (TPSA) is 17.1 Å². The van der Waals surface area contributed by atoms with E-state index in [0.29, 0.717) is 5.41 Å². The van der Waals surface area contributed by atoms with Crippen LogP contribution in [0.5, 0.6) is 0 Å². The summed E-state index contributed by atoms with van der Waals surface area (Å²) in [4.78, 5) is 14.7. The van der Waals surface area contributed by atoms with Crippen LogP contribution in [0.25, 0.3) is 0 Å². The molecule has 0 aromatic heterocycles. The maximum Gasteiger partial charge on any atom is 0.168 e. The van der Waals surface area contributed by atoms with Gasteiger partial charge in [-0.15, -0.1) is 0 Å². The Bertz CT molecular complexity index is 683. The van der Waals surface area contributed by atoms with E-state index in [1.165, 1.54) is 10.5 Å². The highest BCUT2D eigenvalue weighted by atomic mass is 32.2. The number of rotatable bonds is 4. The third kappa shape index (κ3) is 5.52. The van der Waals surface area contributed by atoms with Gasteiger partial charge in [0.05, 0.1) is 0 Å². The summed E-state index contributed by atoms with van der Waals surface area (Å²) in [5.74, 6) is 0.186.